The number of halogens is 1. The molecule has 1 aromatic rings. The topological polar surface area (TPSA) is 70.0 Å². The predicted octanol–water partition coefficient (Wildman–Crippen LogP) is 1.76. The van der Waals surface area contributed by atoms with Gasteiger partial charge in [-0.05, 0) is 24.3 Å². The zero-order chi connectivity index (χ0) is 13.0. The van der Waals surface area contributed by atoms with E-state index in [1.54, 1.807) is 13.8 Å². The number of carbonyl (C=O) groups is 2. The molecule has 0 saturated heterocycles. The fourth-order valence-electron chi connectivity index (χ4n) is 1.14. The van der Waals surface area contributed by atoms with E-state index in [1.807, 2.05) is 0 Å². The Hall–Kier alpha value is -2.04. The molecule has 90 valence electrons. The molecule has 1 rings (SSSR count). The third-order valence-electron chi connectivity index (χ3n) is 2.12. The first kappa shape index (κ1) is 13.0. The molecule has 0 aromatic heterocycles. The maximum Gasteiger partial charge on any atom is 0.256 e. The van der Waals surface area contributed by atoms with Gasteiger partial charge in [-0.1, -0.05) is 13.8 Å². The van der Waals surface area contributed by atoms with Crippen LogP contribution in [0.2, 0.25) is 0 Å². The minimum Gasteiger partial charge on any atom is -0.304 e. The lowest BCUT2D eigenvalue weighted by Crippen LogP contribution is -2.37. The maximum atomic E-state index is 12.6. The summed E-state index contributed by atoms with van der Waals surface area (Å²) >= 11 is 0. The van der Waals surface area contributed by atoms with E-state index < -0.39 is 23.3 Å². The second-order valence-electron chi connectivity index (χ2n) is 3.85. The number of nitrogens with one attached hydrogen (secondary N) is 2. The minimum atomic E-state index is -0.594. The average molecular weight is 236 g/mol. The van der Waals surface area contributed by atoms with Crippen molar-refractivity contribution in [1.29, 1.82) is 5.41 Å². The van der Waals surface area contributed by atoms with Crippen LogP contribution >= 0.6 is 0 Å². The van der Waals surface area contributed by atoms with E-state index in [1.165, 1.54) is 12.1 Å². The molecule has 17 heavy (non-hydrogen) atoms. The van der Waals surface area contributed by atoms with E-state index in [4.69, 9.17) is 5.41 Å². The summed E-state index contributed by atoms with van der Waals surface area (Å²) in [7, 11) is 0. The lowest BCUT2D eigenvalue weighted by Gasteiger charge is -2.07. The van der Waals surface area contributed by atoms with Crippen LogP contribution in [0.15, 0.2) is 24.3 Å². The largest absolute Gasteiger partial charge is 0.304 e. The quantitative estimate of drug-likeness (QED) is 0.620. The van der Waals surface area contributed by atoms with Crippen LogP contribution in [0.3, 0.4) is 0 Å². The van der Waals surface area contributed by atoms with Crippen LogP contribution in [0.5, 0.6) is 0 Å². The Morgan fingerprint density at radius 3 is 2.24 bits per heavy atom. The van der Waals surface area contributed by atoms with Crippen molar-refractivity contribution >= 4 is 17.5 Å². The van der Waals surface area contributed by atoms with Gasteiger partial charge in [-0.15, -0.1) is 0 Å². The summed E-state index contributed by atoms with van der Waals surface area (Å²) in [6, 6.07) is 4.86. The Balaban J connectivity index is 2.70. The summed E-state index contributed by atoms with van der Waals surface area (Å²) in [6.45, 7) is 3.28. The van der Waals surface area contributed by atoms with Gasteiger partial charge in [0.25, 0.3) is 5.91 Å². The normalized spacial score (nSPS) is 10.1. The van der Waals surface area contributed by atoms with Crippen LogP contribution in [0.25, 0.3) is 0 Å². The van der Waals surface area contributed by atoms with E-state index >= 15 is 0 Å². The molecule has 0 atom stereocenters. The number of hydrogen-bond donors (Lipinski definition) is 2. The van der Waals surface area contributed by atoms with Gasteiger partial charge in [0.15, 0.2) is 11.6 Å². The number of Topliss-reactive ketones (excluding diaryl/α,β-unsaturated/α-hetero) is 1. The van der Waals surface area contributed by atoms with Crippen LogP contribution in [0.4, 0.5) is 4.39 Å². The Morgan fingerprint density at radius 1 is 1.24 bits per heavy atom. The average Bonchev–Trinajstić information content (AvgIpc) is 2.28. The smallest absolute Gasteiger partial charge is 0.256 e. The molecule has 0 fully saturated rings. The second kappa shape index (κ2) is 5.34. The summed E-state index contributed by atoms with van der Waals surface area (Å²) in [5.41, 5.74) is 0.202. The van der Waals surface area contributed by atoms with E-state index in [0.717, 1.165) is 12.1 Å². The van der Waals surface area contributed by atoms with Crippen LogP contribution in [-0.2, 0) is 4.79 Å². The molecule has 5 heteroatoms. The fourth-order valence-corrected chi connectivity index (χ4v) is 1.14. The van der Waals surface area contributed by atoms with Crippen molar-refractivity contribution in [2.24, 2.45) is 5.92 Å². The molecule has 0 saturated carbocycles. The minimum absolute atomic E-state index is 0.202. The number of rotatable bonds is 3. The number of hydrogen-bond acceptors (Lipinski definition) is 3. The molecular weight excluding hydrogens is 223 g/mol. The highest BCUT2D eigenvalue weighted by Gasteiger charge is 2.16. The molecular formula is C12H13FN2O2. The third-order valence-corrected chi connectivity index (χ3v) is 2.12. The van der Waals surface area contributed by atoms with Gasteiger partial charge in [-0.3, -0.25) is 15.0 Å². The Kier molecular flexibility index (Phi) is 4.09. The summed E-state index contributed by atoms with van der Waals surface area (Å²) in [6.07, 6.45) is 0. The summed E-state index contributed by atoms with van der Waals surface area (Å²) in [4.78, 5) is 22.9. The molecule has 0 bridgehead atoms. The van der Waals surface area contributed by atoms with E-state index in [0.29, 0.717) is 0 Å². The van der Waals surface area contributed by atoms with Crippen molar-refractivity contribution in [3.05, 3.63) is 35.6 Å². The molecule has 0 aliphatic heterocycles. The van der Waals surface area contributed by atoms with Crippen molar-refractivity contribution in [2.75, 3.05) is 0 Å². The highest BCUT2D eigenvalue weighted by atomic mass is 19.1. The molecule has 0 radical (unpaired) electrons. The van der Waals surface area contributed by atoms with Gasteiger partial charge in [0.05, 0.1) is 0 Å². The maximum absolute atomic E-state index is 12.6. The first-order valence-electron chi connectivity index (χ1n) is 5.11. The summed E-state index contributed by atoms with van der Waals surface area (Å²) in [5, 5.41) is 9.56. The van der Waals surface area contributed by atoms with Gasteiger partial charge in [-0.25, -0.2) is 4.39 Å². The van der Waals surface area contributed by atoms with E-state index in [-0.39, 0.29) is 11.5 Å². The highest BCUT2D eigenvalue weighted by Crippen LogP contribution is 2.03. The molecule has 4 nitrogen and oxygen atoms in total. The van der Waals surface area contributed by atoms with Crippen molar-refractivity contribution in [2.45, 2.75) is 13.8 Å². The summed E-state index contributed by atoms with van der Waals surface area (Å²) < 4.78 is 12.6. The molecule has 0 unspecified atom stereocenters. The van der Waals surface area contributed by atoms with Crippen LogP contribution < -0.4 is 5.32 Å². The van der Waals surface area contributed by atoms with Gasteiger partial charge >= 0.3 is 0 Å². The number of benzene rings is 1. The van der Waals surface area contributed by atoms with Gasteiger partial charge in [-0.2, -0.15) is 0 Å². The zero-order valence-electron chi connectivity index (χ0n) is 9.58. The molecule has 1 amide bonds. The molecule has 0 heterocycles. The molecule has 1 aromatic carbocycles. The zero-order valence-corrected chi connectivity index (χ0v) is 9.58. The predicted molar refractivity (Wildman–Crippen MR) is 61.4 cm³/mol. The SMILES string of the molecule is CC(C)C(=O)C(=N)NC(=O)c1ccc(F)cc1. The second-order valence-corrected chi connectivity index (χ2v) is 3.85. The fraction of sp³-hybridized carbons (Fsp3) is 0.250. The Morgan fingerprint density at radius 2 is 1.76 bits per heavy atom. The van der Waals surface area contributed by atoms with Crippen molar-refractivity contribution < 1.29 is 14.0 Å². The van der Waals surface area contributed by atoms with Crippen LogP contribution in [0.1, 0.15) is 24.2 Å². The molecule has 0 aliphatic carbocycles. The van der Waals surface area contributed by atoms with Crippen molar-refractivity contribution in [3.63, 3.8) is 0 Å². The molecule has 2 N–H and O–H groups in total. The monoisotopic (exact) mass is 236 g/mol. The number of amidine groups is 1. The Bertz CT molecular complexity index is 452. The first-order chi connectivity index (χ1) is 7.91. The third kappa shape index (κ3) is 3.48. The van der Waals surface area contributed by atoms with Gasteiger partial charge < -0.3 is 5.32 Å². The van der Waals surface area contributed by atoms with Crippen molar-refractivity contribution in [3.8, 4) is 0 Å². The molecule has 0 aliphatic rings. The van der Waals surface area contributed by atoms with Gasteiger partial charge in [0, 0.05) is 11.5 Å². The highest BCUT2D eigenvalue weighted by molar-refractivity contribution is 6.41. The number of ketones is 1. The standard InChI is InChI=1S/C12H13FN2O2/c1-7(2)10(16)11(14)15-12(17)8-3-5-9(13)6-4-8/h3-7H,1-2H3,(H2,14,15,17). The number of amides is 1. The lowest BCUT2D eigenvalue weighted by molar-refractivity contribution is -0.115. The molecule has 0 spiro atoms. The first-order valence-corrected chi connectivity index (χ1v) is 5.11. The van der Waals surface area contributed by atoms with Crippen molar-refractivity contribution in [1.82, 2.24) is 5.32 Å². The van der Waals surface area contributed by atoms with Gasteiger partial charge in [0.1, 0.15) is 5.82 Å². The van der Waals surface area contributed by atoms with E-state index in [2.05, 4.69) is 5.32 Å². The van der Waals surface area contributed by atoms with E-state index in [9.17, 15) is 14.0 Å². The van der Waals surface area contributed by atoms with Gasteiger partial charge in [0.2, 0.25) is 0 Å². The lowest BCUT2D eigenvalue weighted by atomic mass is 10.1. The Labute approximate surface area is 98.3 Å². The summed E-state index contributed by atoms with van der Waals surface area (Å²) in [5.74, 6) is -2.29. The van der Waals surface area contributed by atoms with Crippen LogP contribution in [-0.4, -0.2) is 17.5 Å². The van der Waals surface area contributed by atoms with Crippen LogP contribution in [0, 0.1) is 17.1 Å². The number of carbonyl (C=O) groups excluding carboxylic acids is 2.